The van der Waals surface area contributed by atoms with E-state index in [4.69, 9.17) is 23.2 Å². The lowest BCUT2D eigenvalue weighted by molar-refractivity contribution is 0.0982. The zero-order valence-electron chi connectivity index (χ0n) is 9.71. The van der Waals surface area contributed by atoms with Crippen molar-refractivity contribution in [1.82, 2.24) is 9.97 Å². The van der Waals surface area contributed by atoms with E-state index in [1.165, 1.54) is 24.3 Å². The molecule has 0 amide bonds. The Hall–Kier alpha value is -1.98. The number of ketones is 2. The molecule has 20 heavy (non-hydrogen) atoms. The first kappa shape index (κ1) is 13.0. The van der Waals surface area contributed by atoms with Crippen LogP contribution >= 0.6 is 23.2 Å². The third-order valence-corrected chi connectivity index (χ3v) is 3.67. The van der Waals surface area contributed by atoms with Crippen LogP contribution < -0.4 is 0 Å². The highest BCUT2D eigenvalue weighted by atomic mass is 35.5. The molecule has 1 N–H and O–H groups in total. The minimum atomic E-state index is -0.615. The van der Waals surface area contributed by atoms with Crippen LogP contribution in [0, 0.1) is 5.82 Å². The first-order valence-corrected chi connectivity index (χ1v) is 6.25. The van der Waals surface area contributed by atoms with Crippen LogP contribution in [0.5, 0.6) is 0 Å². The Bertz CT molecular complexity index is 737. The highest BCUT2D eigenvalue weighted by Gasteiger charge is 2.34. The number of fused-ring (bicyclic) bond motifs is 1. The van der Waals surface area contributed by atoms with E-state index in [0.29, 0.717) is 5.56 Å². The van der Waals surface area contributed by atoms with Gasteiger partial charge in [-0.15, -0.1) is 0 Å². The van der Waals surface area contributed by atoms with Gasteiger partial charge < -0.3 is 4.98 Å². The molecule has 0 unspecified atom stereocenters. The van der Waals surface area contributed by atoms with Crippen LogP contribution in [0.3, 0.4) is 0 Å². The number of carbonyl (C=O) groups is 2. The molecule has 0 saturated heterocycles. The predicted molar refractivity (Wildman–Crippen MR) is 71.4 cm³/mol. The van der Waals surface area contributed by atoms with E-state index in [-0.39, 0.29) is 27.3 Å². The number of nitrogens with one attached hydrogen (secondary N) is 1. The van der Waals surface area contributed by atoms with E-state index in [1.54, 1.807) is 0 Å². The Kier molecular flexibility index (Phi) is 2.96. The number of allylic oxidation sites excluding steroid dienone is 2. The first-order valence-electron chi connectivity index (χ1n) is 5.49. The molecule has 1 aromatic heterocycles. The van der Waals surface area contributed by atoms with Gasteiger partial charge in [0.25, 0.3) is 0 Å². The van der Waals surface area contributed by atoms with Gasteiger partial charge in [0.1, 0.15) is 33.1 Å². The Morgan fingerprint density at radius 2 is 1.60 bits per heavy atom. The maximum absolute atomic E-state index is 12.9. The second-order valence-electron chi connectivity index (χ2n) is 4.10. The normalized spacial score (nSPS) is 14.8. The fraction of sp³-hybridized carbons (Fsp3) is 0. The molecule has 1 aromatic carbocycles. The first-order chi connectivity index (χ1) is 9.49. The Morgan fingerprint density at radius 1 is 1.00 bits per heavy atom. The van der Waals surface area contributed by atoms with Crippen molar-refractivity contribution in [1.29, 1.82) is 0 Å². The van der Waals surface area contributed by atoms with Gasteiger partial charge in [0.15, 0.2) is 0 Å². The lowest BCUT2D eigenvalue weighted by atomic mass is 10.1. The lowest BCUT2D eigenvalue weighted by Crippen LogP contribution is -2.17. The van der Waals surface area contributed by atoms with Crippen LogP contribution in [-0.4, -0.2) is 21.5 Å². The van der Waals surface area contributed by atoms with Gasteiger partial charge in [0, 0.05) is 5.56 Å². The predicted octanol–water partition coefficient (Wildman–Crippen LogP) is 3.28. The number of rotatable bonds is 1. The third-order valence-electron chi connectivity index (χ3n) is 2.86. The number of imidazole rings is 1. The number of nitrogens with zero attached hydrogens (tertiary/aromatic N) is 1. The standard InChI is InChI=1S/C13H5Cl2FN2O2/c14-7-8(15)12(20)10-9(11(7)19)17-13(18-10)5-1-3-6(16)4-2-5/h1-4H,(H,17,18). The van der Waals surface area contributed by atoms with Crippen molar-refractivity contribution in [3.05, 3.63) is 51.5 Å². The summed E-state index contributed by atoms with van der Waals surface area (Å²) in [5.41, 5.74) is 0.445. The van der Waals surface area contributed by atoms with Gasteiger partial charge in [-0.05, 0) is 24.3 Å². The number of Topliss-reactive ketones (excluding diaryl/α,β-unsaturated/α-hetero) is 2. The molecule has 1 aliphatic carbocycles. The molecule has 0 fully saturated rings. The van der Waals surface area contributed by atoms with Gasteiger partial charge in [-0.2, -0.15) is 0 Å². The summed E-state index contributed by atoms with van der Waals surface area (Å²) < 4.78 is 12.9. The number of halogens is 3. The second-order valence-corrected chi connectivity index (χ2v) is 4.86. The second kappa shape index (κ2) is 4.54. The average molecular weight is 311 g/mol. The van der Waals surface area contributed by atoms with Crippen molar-refractivity contribution >= 4 is 34.8 Å². The number of carbonyl (C=O) groups excluding carboxylic acids is 2. The summed E-state index contributed by atoms with van der Waals surface area (Å²) in [5.74, 6) is -1.33. The summed E-state index contributed by atoms with van der Waals surface area (Å²) in [6.07, 6.45) is 0. The number of aromatic nitrogens is 2. The van der Waals surface area contributed by atoms with Crippen molar-refractivity contribution in [3.8, 4) is 11.4 Å². The van der Waals surface area contributed by atoms with Crippen LogP contribution in [0.4, 0.5) is 4.39 Å². The fourth-order valence-electron chi connectivity index (χ4n) is 1.86. The van der Waals surface area contributed by atoms with Crippen molar-refractivity contribution in [2.24, 2.45) is 0 Å². The molecular formula is C13H5Cl2FN2O2. The van der Waals surface area contributed by atoms with Crippen molar-refractivity contribution in [2.75, 3.05) is 0 Å². The molecule has 0 aliphatic heterocycles. The van der Waals surface area contributed by atoms with Crippen LogP contribution in [0.25, 0.3) is 11.4 Å². The highest BCUT2D eigenvalue weighted by Crippen LogP contribution is 2.31. The summed E-state index contributed by atoms with van der Waals surface area (Å²) in [6, 6.07) is 5.45. The van der Waals surface area contributed by atoms with E-state index >= 15 is 0 Å². The van der Waals surface area contributed by atoms with Gasteiger partial charge >= 0.3 is 0 Å². The molecule has 3 rings (SSSR count). The van der Waals surface area contributed by atoms with E-state index in [2.05, 4.69) is 9.97 Å². The highest BCUT2D eigenvalue weighted by molar-refractivity contribution is 6.59. The molecule has 4 nitrogen and oxygen atoms in total. The van der Waals surface area contributed by atoms with Crippen LogP contribution in [-0.2, 0) is 0 Å². The van der Waals surface area contributed by atoms with Gasteiger partial charge in [-0.1, -0.05) is 23.2 Å². The molecule has 0 saturated carbocycles. The number of benzene rings is 1. The summed E-state index contributed by atoms with van der Waals surface area (Å²) in [7, 11) is 0. The van der Waals surface area contributed by atoms with Gasteiger partial charge in [-0.3, -0.25) is 9.59 Å². The van der Waals surface area contributed by atoms with E-state index in [0.717, 1.165) is 0 Å². The maximum atomic E-state index is 12.9. The molecule has 1 heterocycles. The van der Waals surface area contributed by atoms with Crippen molar-refractivity contribution in [3.63, 3.8) is 0 Å². The molecule has 0 radical (unpaired) electrons. The molecule has 2 aromatic rings. The number of aromatic amines is 1. The summed E-state index contributed by atoms with van der Waals surface area (Å²) in [6.45, 7) is 0. The Morgan fingerprint density at radius 3 is 2.25 bits per heavy atom. The molecule has 0 spiro atoms. The molecule has 7 heteroatoms. The van der Waals surface area contributed by atoms with Crippen LogP contribution in [0.15, 0.2) is 34.3 Å². The van der Waals surface area contributed by atoms with Gasteiger partial charge in [0.2, 0.25) is 11.6 Å². The summed E-state index contributed by atoms with van der Waals surface area (Å²) >= 11 is 11.4. The third kappa shape index (κ3) is 1.87. The average Bonchev–Trinajstić information content (AvgIpc) is 2.89. The van der Waals surface area contributed by atoms with Crippen molar-refractivity contribution < 1.29 is 14.0 Å². The van der Waals surface area contributed by atoms with Gasteiger partial charge in [0.05, 0.1) is 0 Å². The quantitative estimate of drug-likeness (QED) is 0.879. The minimum Gasteiger partial charge on any atom is -0.335 e. The SMILES string of the molecule is O=C1C(Cl)=C(Cl)C(=O)c2[nH]c(-c3ccc(F)cc3)nc21. The van der Waals surface area contributed by atoms with E-state index in [1.807, 2.05) is 0 Å². The van der Waals surface area contributed by atoms with E-state index in [9.17, 15) is 14.0 Å². The molecule has 0 bridgehead atoms. The zero-order valence-corrected chi connectivity index (χ0v) is 11.2. The molecule has 1 aliphatic rings. The Labute approximate surface area is 122 Å². The molecule has 0 atom stereocenters. The number of hydrogen-bond donors (Lipinski definition) is 1. The van der Waals surface area contributed by atoms with Gasteiger partial charge in [-0.25, -0.2) is 9.37 Å². The topological polar surface area (TPSA) is 62.8 Å². The molecule has 100 valence electrons. The fourth-order valence-corrected chi connectivity index (χ4v) is 2.22. The van der Waals surface area contributed by atoms with Crippen LogP contribution in [0.1, 0.15) is 21.0 Å². The number of H-pyrrole nitrogens is 1. The lowest BCUT2D eigenvalue weighted by Gasteiger charge is -2.07. The summed E-state index contributed by atoms with van der Waals surface area (Å²) in [4.78, 5) is 30.6. The number of hydrogen-bond acceptors (Lipinski definition) is 3. The largest absolute Gasteiger partial charge is 0.335 e. The summed E-state index contributed by atoms with van der Waals surface area (Å²) in [5, 5.41) is -0.681. The smallest absolute Gasteiger partial charge is 0.226 e. The monoisotopic (exact) mass is 310 g/mol. The van der Waals surface area contributed by atoms with Crippen LogP contribution in [0.2, 0.25) is 0 Å². The van der Waals surface area contributed by atoms with E-state index < -0.39 is 17.4 Å². The Balaban J connectivity index is 2.13. The maximum Gasteiger partial charge on any atom is 0.226 e. The molecular weight excluding hydrogens is 306 g/mol. The zero-order chi connectivity index (χ0) is 14.4. The minimum absolute atomic E-state index is 0.0104. The van der Waals surface area contributed by atoms with Crippen molar-refractivity contribution in [2.45, 2.75) is 0 Å².